The Bertz CT molecular complexity index is 891. The molecular weight excluding hydrogens is 330 g/mol. The molecule has 2 heterocycles. The molecule has 0 radical (unpaired) electrons. The molecule has 0 bridgehead atoms. The topological polar surface area (TPSA) is 87.6 Å². The number of hydrazone groups is 1. The van der Waals surface area contributed by atoms with Crippen LogP contribution in [0.5, 0.6) is 0 Å². The molecular formula is C19H21N5O2. The summed E-state index contributed by atoms with van der Waals surface area (Å²) in [7, 11) is 0. The van der Waals surface area contributed by atoms with Crippen molar-refractivity contribution in [2.24, 2.45) is 5.10 Å². The molecule has 0 saturated carbocycles. The summed E-state index contributed by atoms with van der Waals surface area (Å²) in [6, 6.07) is 7.58. The normalized spacial score (nSPS) is 14.2. The van der Waals surface area contributed by atoms with E-state index in [1.807, 2.05) is 32.0 Å². The molecule has 0 fully saturated rings. The second-order valence-corrected chi connectivity index (χ2v) is 6.32. The standard InChI is InChI=1S/C19H21N5O2/c1-12-4-5-13(2)17(10-12)24-18(25)7-6-16(23-24)19(26)21-11-15-8-9-20-14(3)22-15/h4-5,8-10H,6-7,11H2,1-3H3,(H,21,26). The maximum atomic E-state index is 12.5. The fourth-order valence-electron chi connectivity index (χ4n) is 2.73. The fraction of sp³-hybridized carbons (Fsp3) is 0.316. The predicted molar refractivity (Wildman–Crippen MR) is 98.7 cm³/mol. The minimum Gasteiger partial charge on any atom is -0.345 e. The van der Waals surface area contributed by atoms with Crippen LogP contribution in [0, 0.1) is 20.8 Å². The third-order valence-corrected chi connectivity index (χ3v) is 4.15. The van der Waals surface area contributed by atoms with Crippen molar-refractivity contribution in [2.45, 2.75) is 40.2 Å². The third kappa shape index (κ3) is 3.93. The zero-order valence-corrected chi connectivity index (χ0v) is 15.1. The maximum Gasteiger partial charge on any atom is 0.267 e. The van der Waals surface area contributed by atoms with Crippen LogP contribution in [0.3, 0.4) is 0 Å². The van der Waals surface area contributed by atoms with Crippen molar-refractivity contribution in [1.82, 2.24) is 15.3 Å². The number of rotatable bonds is 4. The molecule has 2 amide bonds. The Morgan fingerprint density at radius 3 is 2.77 bits per heavy atom. The van der Waals surface area contributed by atoms with Crippen LogP contribution in [-0.4, -0.2) is 27.5 Å². The van der Waals surface area contributed by atoms with E-state index in [-0.39, 0.29) is 18.2 Å². The Labute approximate surface area is 152 Å². The average Bonchev–Trinajstić information content (AvgIpc) is 2.62. The van der Waals surface area contributed by atoms with E-state index in [4.69, 9.17) is 0 Å². The molecule has 0 atom stereocenters. The zero-order chi connectivity index (χ0) is 18.7. The van der Waals surface area contributed by atoms with Gasteiger partial charge in [0.2, 0.25) is 5.91 Å². The number of hydrogen-bond donors (Lipinski definition) is 1. The molecule has 1 aliphatic heterocycles. The number of amides is 2. The molecule has 0 unspecified atom stereocenters. The number of nitrogens with one attached hydrogen (secondary N) is 1. The Kier molecular flexibility index (Phi) is 5.06. The van der Waals surface area contributed by atoms with E-state index in [9.17, 15) is 9.59 Å². The molecule has 1 aromatic heterocycles. The van der Waals surface area contributed by atoms with Crippen molar-refractivity contribution in [3.05, 3.63) is 53.1 Å². The van der Waals surface area contributed by atoms with Gasteiger partial charge in [-0.3, -0.25) is 9.59 Å². The number of anilines is 1. The van der Waals surface area contributed by atoms with Gasteiger partial charge in [-0.25, -0.2) is 15.0 Å². The van der Waals surface area contributed by atoms with E-state index in [1.165, 1.54) is 5.01 Å². The highest BCUT2D eigenvalue weighted by atomic mass is 16.2. The first kappa shape index (κ1) is 17.7. The summed E-state index contributed by atoms with van der Waals surface area (Å²) >= 11 is 0. The lowest BCUT2D eigenvalue weighted by atomic mass is 10.1. The first-order valence-corrected chi connectivity index (χ1v) is 8.48. The Hall–Kier alpha value is -3.09. The second-order valence-electron chi connectivity index (χ2n) is 6.32. The number of benzene rings is 1. The van der Waals surface area contributed by atoms with E-state index in [0.29, 0.717) is 30.2 Å². The predicted octanol–water partition coefficient (Wildman–Crippen LogP) is 2.20. The summed E-state index contributed by atoms with van der Waals surface area (Å²) in [6.07, 6.45) is 2.24. The van der Waals surface area contributed by atoms with E-state index in [2.05, 4.69) is 20.4 Å². The SMILES string of the molecule is Cc1ccc(C)c(N2N=C(C(=O)NCc3ccnc(C)n3)CCC2=O)c1. The molecule has 1 aliphatic rings. The van der Waals surface area contributed by atoms with Gasteiger partial charge in [-0.1, -0.05) is 12.1 Å². The summed E-state index contributed by atoms with van der Waals surface area (Å²) in [5.74, 6) is 0.254. The highest BCUT2D eigenvalue weighted by Crippen LogP contribution is 2.25. The second kappa shape index (κ2) is 7.43. The highest BCUT2D eigenvalue weighted by Gasteiger charge is 2.26. The molecule has 1 N–H and O–H groups in total. The molecule has 7 nitrogen and oxygen atoms in total. The van der Waals surface area contributed by atoms with Crippen molar-refractivity contribution < 1.29 is 9.59 Å². The zero-order valence-electron chi connectivity index (χ0n) is 15.1. The minimum atomic E-state index is -0.288. The molecule has 0 spiro atoms. The van der Waals surface area contributed by atoms with Gasteiger partial charge >= 0.3 is 0 Å². The van der Waals surface area contributed by atoms with Crippen LogP contribution in [0.4, 0.5) is 5.69 Å². The van der Waals surface area contributed by atoms with Gasteiger partial charge in [0.05, 0.1) is 17.9 Å². The van der Waals surface area contributed by atoms with Gasteiger partial charge in [-0.2, -0.15) is 5.10 Å². The van der Waals surface area contributed by atoms with Crippen molar-refractivity contribution >= 4 is 23.2 Å². The molecule has 2 aromatic rings. The molecule has 7 heteroatoms. The average molecular weight is 351 g/mol. The quantitative estimate of drug-likeness (QED) is 0.915. The van der Waals surface area contributed by atoms with Gasteiger partial charge in [0.25, 0.3) is 5.91 Å². The van der Waals surface area contributed by atoms with Crippen molar-refractivity contribution in [2.75, 3.05) is 5.01 Å². The summed E-state index contributed by atoms with van der Waals surface area (Å²) in [6.45, 7) is 5.96. The van der Waals surface area contributed by atoms with E-state index in [1.54, 1.807) is 19.2 Å². The first-order valence-electron chi connectivity index (χ1n) is 8.48. The monoisotopic (exact) mass is 351 g/mol. The van der Waals surface area contributed by atoms with Crippen LogP contribution in [0.1, 0.15) is 35.5 Å². The Balaban J connectivity index is 1.77. The van der Waals surface area contributed by atoms with Gasteiger partial charge in [-0.15, -0.1) is 0 Å². The molecule has 0 aliphatic carbocycles. The third-order valence-electron chi connectivity index (χ3n) is 4.15. The van der Waals surface area contributed by atoms with Gasteiger partial charge in [0, 0.05) is 19.0 Å². The molecule has 134 valence electrons. The minimum absolute atomic E-state index is 0.110. The maximum absolute atomic E-state index is 12.5. The number of carbonyl (C=O) groups excluding carboxylic acids is 2. The van der Waals surface area contributed by atoms with Crippen LogP contribution in [0.15, 0.2) is 35.6 Å². The Morgan fingerprint density at radius 1 is 1.19 bits per heavy atom. The van der Waals surface area contributed by atoms with E-state index >= 15 is 0 Å². The number of carbonyl (C=O) groups is 2. The van der Waals surface area contributed by atoms with Crippen LogP contribution < -0.4 is 10.3 Å². The van der Waals surface area contributed by atoms with Gasteiger partial charge in [0.1, 0.15) is 11.5 Å². The van der Waals surface area contributed by atoms with Gasteiger partial charge < -0.3 is 5.32 Å². The van der Waals surface area contributed by atoms with Gasteiger partial charge in [0.15, 0.2) is 0 Å². The van der Waals surface area contributed by atoms with Crippen molar-refractivity contribution in [3.8, 4) is 0 Å². The lowest BCUT2D eigenvalue weighted by molar-refractivity contribution is -0.119. The number of hydrogen-bond acceptors (Lipinski definition) is 5. The van der Waals surface area contributed by atoms with E-state index in [0.717, 1.165) is 16.8 Å². The smallest absolute Gasteiger partial charge is 0.267 e. The van der Waals surface area contributed by atoms with Crippen molar-refractivity contribution in [1.29, 1.82) is 0 Å². The molecule has 26 heavy (non-hydrogen) atoms. The molecule has 3 rings (SSSR count). The number of aromatic nitrogens is 2. The summed E-state index contributed by atoms with van der Waals surface area (Å²) in [5.41, 5.74) is 3.75. The largest absolute Gasteiger partial charge is 0.345 e. The van der Waals surface area contributed by atoms with E-state index < -0.39 is 0 Å². The summed E-state index contributed by atoms with van der Waals surface area (Å²) in [5, 5.41) is 8.47. The molecule has 1 aromatic carbocycles. The van der Waals surface area contributed by atoms with Crippen LogP contribution in [-0.2, 0) is 16.1 Å². The molecule has 0 saturated heterocycles. The Morgan fingerprint density at radius 2 is 2.00 bits per heavy atom. The summed E-state index contributed by atoms with van der Waals surface area (Å²) in [4.78, 5) is 33.1. The van der Waals surface area contributed by atoms with Crippen molar-refractivity contribution in [3.63, 3.8) is 0 Å². The summed E-state index contributed by atoms with van der Waals surface area (Å²) < 4.78 is 0. The fourth-order valence-corrected chi connectivity index (χ4v) is 2.73. The lowest BCUT2D eigenvalue weighted by Gasteiger charge is -2.24. The number of nitrogens with zero attached hydrogens (tertiary/aromatic N) is 4. The van der Waals surface area contributed by atoms with Crippen LogP contribution in [0.25, 0.3) is 0 Å². The van der Waals surface area contributed by atoms with Gasteiger partial charge in [-0.05, 0) is 44.0 Å². The highest BCUT2D eigenvalue weighted by molar-refractivity contribution is 6.40. The lowest BCUT2D eigenvalue weighted by Crippen LogP contribution is -2.39. The number of aryl methyl sites for hydroxylation is 3. The first-order chi connectivity index (χ1) is 12.4. The van der Waals surface area contributed by atoms with Crippen LogP contribution in [0.2, 0.25) is 0 Å². The van der Waals surface area contributed by atoms with Crippen LogP contribution >= 0.6 is 0 Å².